The smallest absolute Gasteiger partial charge is 0.211 e. The number of methoxy groups -OCH3 is 1. The number of aromatic nitrogens is 3. The first-order valence-corrected chi connectivity index (χ1v) is 10.7. The summed E-state index contributed by atoms with van der Waals surface area (Å²) in [6.07, 6.45) is 2.86. The van der Waals surface area contributed by atoms with E-state index < -0.39 is 10.0 Å². The van der Waals surface area contributed by atoms with Crippen molar-refractivity contribution in [3.05, 3.63) is 28.2 Å². The lowest BCUT2D eigenvalue weighted by atomic mass is 10.1. The van der Waals surface area contributed by atoms with Crippen molar-refractivity contribution in [1.29, 1.82) is 0 Å². The van der Waals surface area contributed by atoms with E-state index in [1.807, 2.05) is 19.9 Å². The first-order chi connectivity index (χ1) is 11.8. The number of nitrogens with zero attached hydrogens (tertiary/aromatic N) is 4. The van der Waals surface area contributed by atoms with E-state index in [1.54, 1.807) is 18.4 Å². The Bertz CT molecular complexity index is 880. The van der Waals surface area contributed by atoms with Gasteiger partial charge in [0.25, 0.3) is 0 Å². The summed E-state index contributed by atoms with van der Waals surface area (Å²) in [7, 11) is -1.60. The van der Waals surface area contributed by atoms with Crippen molar-refractivity contribution in [3.63, 3.8) is 0 Å². The molecule has 3 heterocycles. The van der Waals surface area contributed by atoms with Crippen LogP contribution in [0.5, 0.6) is 0 Å². The molecule has 0 spiro atoms. The Morgan fingerprint density at radius 1 is 1.32 bits per heavy atom. The minimum absolute atomic E-state index is 0.227. The van der Waals surface area contributed by atoms with Crippen LogP contribution in [0, 0.1) is 13.8 Å². The molecule has 1 saturated heterocycles. The molecule has 25 heavy (non-hydrogen) atoms. The van der Waals surface area contributed by atoms with Crippen LogP contribution in [0.15, 0.2) is 6.07 Å². The molecular weight excluding hydrogens is 360 g/mol. The highest BCUT2D eigenvalue weighted by molar-refractivity contribution is 7.88. The first kappa shape index (κ1) is 18.4. The molecule has 1 aliphatic rings. The second-order valence-corrected chi connectivity index (χ2v) is 9.24. The lowest BCUT2D eigenvalue weighted by molar-refractivity contribution is 0.187. The summed E-state index contributed by atoms with van der Waals surface area (Å²) in [6.45, 7) is 4.83. The number of hydrogen-bond acceptors (Lipinski definition) is 7. The number of thiazole rings is 1. The molecule has 0 aliphatic carbocycles. The predicted molar refractivity (Wildman–Crippen MR) is 96.9 cm³/mol. The van der Waals surface area contributed by atoms with Gasteiger partial charge in [-0.05, 0) is 32.8 Å². The third kappa shape index (κ3) is 3.89. The first-order valence-electron chi connectivity index (χ1n) is 8.07. The lowest BCUT2D eigenvalue weighted by Gasteiger charge is -2.22. The Labute approximate surface area is 152 Å². The maximum Gasteiger partial charge on any atom is 0.211 e. The van der Waals surface area contributed by atoms with E-state index in [9.17, 15) is 8.42 Å². The average molecular weight is 383 g/mol. The van der Waals surface area contributed by atoms with Crippen LogP contribution < -0.4 is 0 Å². The number of ether oxygens (including phenoxy) is 1. The molecule has 2 aromatic rings. The van der Waals surface area contributed by atoms with Gasteiger partial charge in [-0.1, -0.05) is 0 Å². The monoisotopic (exact) mass is 382 g/mol. The fourth-order valence-corrected chi connectivity index (χ4v) is 5.24. The number of rotatable bonds is 5. The molecule has 136 valence electrons. The van der Waals surface area contributed by atoms with Crippen LogP contribution >= 0.6 is 11.3 Å². The predicted octanol–water partition coefficient (Wildman–Crippen LogP) is 2.46. The molecule has 3 rings (SSSR count). The quantitative estimate of drug-likeness (QED) is 0.790. The van der Waals surface area contributed by atoms with Crippen LogP contribution in [0.4, 0.5) is 0 Å². The fraction of sp³-hybridized carbons (Fsp3) is 0.562. The second-order valence-electron chi connectivity index (χ2n) is 6.22. The van der Waals surface area contributed by atoms with Crippen LogP contribution in [-0.4, -0.2) is 47.6 Å². The van der Waals surface area contributed by atoms with E-state index in [0.717, 1.165) is 39.8 Å². The molecule has 0 saturated carbocycles. The van der Waals surface area contributed by atoms with Gasteiger partial charge in [0.2, 0.25) is 10.0 Å². The molecule has 7 nitrogen and oxygen atoms in total. The summed E-state index contributed by atoms with van der Waals surface area (Å²) < 4.78 is 30.8. The highest BCUT2D eigenvalue weighted by Gasteiger charge is 2.34. The average Bonchev–Trinajstić information content (AvgIpc) is 3.14. The van der Waals surface area contributed by atoms with Crippen LogP contribution in [-0.2, 0) is 21.4 Å². The molecule has 0 radical (unpaired) electrons. The van der Waals surface area contributed by atoms with Crippen LogP contribution in [0.3, 0.4) is 0 Å². The van der Waals surface area contributed by atoms with Crippen molar-refractivity contribution in [1.82, 2.24) is 19.3 Å². The van der Waals surface area contributed by atoms with Gasteiger partial charge in [0.05, 0.1) is 35.2 Å². The molecule has 0 N–H and O–H groups in total. The van der Waals surface area contributed by atoms with Gasteiger partial charge in [-0.3, -0.25) is 0 Å². The van der Waals surface area contributed by atoms with Crippen molar-refractivity contribution in [2.24, 2.45) is 0 Å². The topological polar surface area (TPSA) is 85.3 Å². The summed E-state index contributed by atoms with van der Waals surface area (Å²) in [5, 5.41) is 0.806. The zero-order chi connectivity index (χ0) is 18.2. The second kappa shape index (κ2) is 7.06. The van der Waals surface area contributed by atoms with Gasteiger partial charge in [0, 0.05) is 13.7 Å². The standard InChI is InChI=1S/C16H22N4O3S2/c1-10-15(9-23-3)24-16(17-10)13-8-12(18-11(2)19-13)14-6-5-7-20(14)25(4,21)22/h8,14H,5-7,9H2,1-4H3. The Hall–Kier alpha value is -1.42. The summed E-state index contributed by atoms with van der Waals surface area (Å²) in [6, 6.07) is 1.64. The van der Waals surface area contributed by atoms with Crippen LogP contribution in [0.25, 0.3) is 10.7 Å². The molecule has 0 amide bonds. The van der Waals surface area contributed by atoms with E-state index in [2.05, 4.69) is 15.0 Å². The number of aryl methyl sites for hydroxylation is 2. The zero-order valence-electron chi connectivity index (χ0n) is 14.8. The van der Waals surface area contributed by atoms with Crippen molar-refractivity contribution in [3.8, 4) is 10.7 Å². The zero-order valence-corrected chi connectivity index (χ0v) is 16.4. The molecule has 0 bridgehead atoms. The Balaban J connectivity index is 2.00. The minimum Gasteiger partial charge on any atom is -0.379 e. The van der Waals surface area contributed by atoms with Gasteiger partial charge in [0.15, 0.2) is 0 Å². The maximum absolute atomic E-state index is 12.0. The lowest BCUT2D eigenvalue weighted by Crippen LogP contribution is -2.30. The Morgan fingerprint density at radius 2 is 2.08 bits per heavy atom. The summed E-state index contributed by atoms with van der Waals surface area (Å²) >= 11 is 1.55. The normalized spacial score (nSPS) is 18.8. The van der Waals surface area contributed by atoms with E-state index >= 15 is 0 Å². The van der Waals surface area contributed by atoms with Crippen molar-refractivity contribution in [2.45, 2.75) is 39.3 Å². The molecular formula is C16H22N4O3S2. The SMILES string of the molecule is COCc1sc(-c2cc(C3CCCN3S(C)(=O)=O)nc(C)n2)nc1C. The molecule has 1 aliphatic heterocycles. The molecule has 0 aromatic carbocycles. The highest BCUT2D eigenvalue weighted by atomic mass is 32.2. The molecule has 1 unspecified atom stereocenters. The molecule has 2 aromatic heterocycles. The summed E-state index contributed by atoms with van der Waals surface area (Å²) in [5.41, 5.74) is 2.41. The van der Waals surface area contributed by atoms with E-state index in [1.165, 1.54) is 10.6 Å². The van der Waals surface area contributed by atoms with E-state index in [4.69, 9.17) is 4.74 Å². The summed E-state index contributed by atoms with van der Waals surface area (Å²) in [4.78, 5) is 14.7. The van der Waals surface area contributed by atoms with E-state index in [-0.39, 0.29) is 6.04 Å². The number of hydrogen-bond donors (Lipinski definition) is 0. The molecule has 9 heteroatoms. The van der Waals surface area contributed by atoms with Crippen LogP contribution in [0.1, 0.15) is 41.0 Å². The van der Waals surface area contributed by atoms with Gasteiger partial charge in [0.1, 0.15) is 16.5 Å². The van der Waals surface area contributed by atoms with Gasteiger partial charge >= 0.3 is 0 Å². The van der Waals surface area contributed by atoms with Gasteiger partial charge < -0.3 is 4.74 Å². The van der Waals surface area contributed by atoms with Crippen molar-refractivity contribution in [2.75, 3.05) is 19.9 Å². The van der Waals surface area contributed by atoms with E-state index in [0.29, 0.717) is 19.0 Å². The van der Waals surface area contributed by atoms with Gasteiger partial charge in [-0.25, -0.2) is 23.4 Å². The van der Waals surface area contributed by atoms with Gasteiger partial charge in [-0.15, -0.1) is 11.3 Å². The summed E-state index contributed by atoms with van der Waals surface area (Å²) in [5.74, 6) is 0.619. The largest absolute Gasteiger partial charge is 0.379 e. The third-order valence-corrected chi connectivity index (χ3v) is 6.66. The Morgan fingerprint density at radius 3 is 2.76 bits per heavy atom. The fourth-order valence-electron chi connectivity index (χ4n) is 3.11. The van der Waals surface area contributed by atoms with Crippen LogP contribution in [0.2, 0.25) is 0 Å². The maximum atomic E-state index is 12.0. The highest BCUT2D eigenvalue weighted by Crippen LogP contribution is 2.35. The van der Waals surface area contributed by atoms with Crippen molar-refractivity contribution < 1.29 is 13.2 Å². The minimum atomic E-state index is -3.26. The molecule has 1 atom stereocenters. The Kier molecular flexibility index (Phi) is 5.19. The van der Waals surface area contributed by atoms with Crippen molar-refractivity contribution >= 4 is 21.4 Å². The third-order valence-electron chi connectivity index (χ3n) is 4.22. The molecule has 1 fully saturated rings. The number of sulfonamides is 1. The van der Waals surface area contributed by atoms with Gasteiger partial charge in [-0.2, -0.15) is 4.31 Å².